The predicted molar refractivity (Wildman–Crippen MR) is 65.8 cm³/mol. The summed E-state index contributed by atoms with van der Waals surface area (Å²) < 4.78 is 18.8. The topological polar surface area (TPSA) is 66.8 Å². The maximum atomic E-state index is 13.4. The highest BCUT2D eigenvalue weighted by molar-refractivity contribution is 5.91. The van der Waals surface area contributed by atoms with Gasteiger partial charge in [-0.1, -0.05) is 18.2 Å². The number of aliphatic hydroxyl groups is 1. The zero-order valence-corrected chi connectivity index (χ0v) is 9.84. The second kappa shape index (κ2) is 5.49. The molecule has 0 bridgehead atoms. The Hall–Kier alpha value is -2.40. The van der Waals surface area contributed by atoms with E-state index >= 15 is 0 Å². The van der Waals surface area contributed by atoms with E-state index in [4.69, 9.17) is 14.9 Å². The zero-order chi connectivity index (χ0) is 13.8. The highest BCUT2D eigenvalue weighted by Crippen LogP contribution is 2.27. The Balaban J connectivity index is 2.38. The van der Waals surface area contributed by atoms with Gasteiger partial charge in [0.25, 0.3) is 0 Å². The van der Waals surface area contributed by atoms with E-state index in [2.05, 4.69) is 0 Å². The molecule has 0 radical (unpaired) electrons. The number of halogens is 1. The number of ether oxygens (including phenoxy) is 1. The van der Waals surface area contributed by atoms with Crippen molar-refractivity contribution in [2.45, 2.75) is 6.61 Å². The van der Waals surface area contributed by atoms with Crippen molar-refractivity contribution >= 4 is 5.97 Å². The van der Waals surface area contributed by atoms with Crippen molar-refractivity contribution in [1.29, 1.82) is 0 Å². The highest BCUT2D eigenvalue weighted by Gasteiger charge is 2.17. The predicted octanol–water partition coefficient (Wildman–Crippen LogP) is 2.81. The van der Waals surface area contributed by atoms with E-state index < -0.39 is 17.3 Å². The number of aliphatic hydroxyl groups excluding tert-OH is 1. The number of carboxylic acids is 1. The Bertz CT molecular complexity index is 610. The molecular weight excluding hydrogens is 251 g/mol. The molecule has 0 aliphatic rings. The van der Waals surface area contributed by atoms with Gasteiger partial charge in [-0.05, 0) is 29.8 Å². The SMILES string of the molecule is O=C(O)c1c(F)cccc1Oc1cccc(CO)c1. The van der Waals surface area contributed by atoms with E-state index in [1.165, 1.54) is 12.1 Å². The van der Waals surface area contributed by atoms with E-state index in [1.807, 2.05) is 0 Å². The molecule has 5 heteroatoms. The van der Waals surface area contributed by atoms with Crippen LogP contribution in [0.5, 0.6) is 11.5 Å². The molecule has 4 nitrogen and oxygen atoms in total. The summed E-state index contributed by atoms with van der Waals surface area (Å²) in [5, 5.41) is 18.0. The molecule has 0 aromatic heterocycles. The summed E-state index contributed by atoms with van der Waals surface area (Å²) in [6.45, 7) is -0.161. The van der Waals surface area contributed by atoms with Crippen molar-refractivity contribution in [3.05, 3.63) is 59.4 Å². The lowest BCUT2D eigenvalue weighted by Gasteiger charge is -2.10. The molecule has 0 atom stereocenters. The van der Waals surface area contributed by atoms with Crippen LogP contribution >= 0.6 is 0 Å². The van der Waals surface area contributed by atoms with Crippen molar-refractivity contribution in [2.75, 3.05) is 0 Å². The maximum Gasteiger partial charge on any atom is 0.342 e. The van der Waals surface area contributed by atoms with Crippen LogP contribution in [-0.2, 0) is 6.61 Å². The minimum Gasteiger partial charge on any atom is -0.477 e. The third-order valence-electron chi connectivity index (χ3n) is 2.50. The van der Waals surface area contributed by atoms with Crippen LogP contribution in [0.4, 0.5) is 4.39 Å². The average molecular weight is 262 g/mol. The summed E-state index contributed by atoms with van der Waals surface area (Å²) in [4.78, 5) is 11.0. The van der Waals surface area contributed by atoms with E-state index in [9.17, 15) is 9.18 Å². The van der Waals surface area contributed by atoms with E-state index in [-0.39, 0.29) is 12.4 Å². The number of hydrogen-bond acceptors (Lipinski definition) is 3. The van der Waals surface area contributed by atoms with E-state index in [1.54, 1.807) is 24.3 Å². The molecule has 0 amide bonds. The Kier molecular flexibility index (Phi) is 3.77. The van der Waals surface area contributed by atoms with Crippen LogP contribution in [0, 0.1) is 5.82 Å². The van der Waals surface area contributed by atoms with Crippen LogP contribution < -0.4 is 4.74 Å². The molecule has 0 unspecified atom stereocenters. The first kappa shape index (κ1) is 13.0. The van der Waals surface area contributed by atoms with Crippen LogP contribution in [-0.4, -0.2) is 16.2 Å². The normalized spacial score (nSPS) is 10.2. The molecule has 19 heavy (non-hydrogen) atoms. The van der Waals surface area contributed by atoms with Crippen molar-refractivity contribution in [3.63, 3.8) is 0 Å². The van der Waals surface area contributed by atoms with Gasteiger partial charge < -0.3 is 14.9 Å². The molecule has 2 aromatic carbocycles. The van der Waals surface area contributed by atoms with Crippen molar-refractivity contribution < 1.29 is 24.1 Å². The number of hydrogen-bond donors (Lipinski definition) is 2. The first-order chi connectivity index (χ1) is 9.11. The molecule has 0 aliphatic heterocycles. The third kappa shape index (κ3) is 2.89. The van der Waals surface area contributed by atoms with Crippen LogP contribution in [0.25, 0.3) is 0 Å². The van der Waals surface area contributed by atoms with Gasteiger partial charge in [0.15, 0.2) is 0 Å². The molecular formula is C14H11FO4. The Morgan fingerprint density at radius 3 is 2.63 bits per heavy atom. The van der Waals surface area contributed by atoms with E-state index in [0.29, 0.717) is 11.3 Å². The fourth-order valence-electron chi connectivity index (χ4n) is 1.63. The standard InChI is InChI=1S/C14H11FO4/c15-11-5-2-6-12(13(11)14(17)18)19-10-4-1-3-9(7-10)8-16/h1-7,16H,8H2,(H,17,18). The molecule has 0 heterocycles. The number of benzene rings is 2. The van der Waals surface area contributed by atoms with Crippen molar-refractivity contribution in [3.8, 4) is 11.5 Å². The number of rotatable bonds is 4. The lowest BCUT2D eigenvalue weighted by molar-refractivity contribution is 0.0689. The molecule has 0 saturated heterocycles. The summed E-state index contributed by atoms with van der Waals surface area (Å²) >= 11 is 0. The van der Waals surface area contributed by atoms with Gasteiger partial charge in [0.2, 0.25) is 0 Å². The summed E-state index contributed by atoms with van der Waals surface area (Å²) in [6.07, 6.45) is 0. The van der Waals surface area contributed by atoms with Gasteiger partial charge in [-0.2, -0.15) is 0 Å². The fourth-order valence-corrected chi connectivity index (χ4v) is 1.63. The van der Waals surface area contributed by atoms with Gasteiger partial charge in [0, 0.05) is 0 Å². The smallest absolute Gasteiger partial charge is 0.342 e. The number of carbonyl (C=O) groups is 1. The zero-order valence-electron chi connectivity index (χ0n) is 9.84. The van der Waals surface area contributed by atoms with Crippen molar-refractivity contribution in [2.24, 2.45) is 0 Å². The van der Waals surface area contributed by atoms with Gasteiger partial charge in [0.1, 0.15) is 22.9 Å². The lowest BCUT2D eigenvalue weighted by Crippen LogP contribution is -2.03. The van der Waals surface area contributed by atoms with Gasteiger partial charge in [-0.15, -0.1) is 0 Å². The average Bonchev–Trinajstić information content (AvgIpc) is 2.38. The van der Waals surface area contributed by atoms with Crippen molar-refractivity contribution in [1.82, 2.24) is 0 Å². The molecule has 0 aliphatic carbocycles. The molecule has 0 spiro atoms. The summed E-state index contributed by atoms with van der Waals surface area (Å²) in [5.74, 6) is -2.00. The second-order valence-electron chi connectivity index (χ2n) is 3.83. The Morgan fingerprint density at radius 1 is 1.21 bits per heavy atom. The summed E-state index contributed by atoms with van der Waals surface area (Å²) in [7, 11) is 0. The Labute approximate surface area is 108 Å². The van der Waals surface area contributed by atoms with Crippen LogP contribution in [0.15, 0.2) is 42.5 Å². The first-order valence-electron chi connectivity index (χ1n) is 5.51. The van der Waals surface area contributed by atoms with Gasteiger partial charge in [-0.3, -0.25) is 0 Å². The third-order valence-corrected chi connectivity index (χ3v) is 2.50. The minimum atomic E-state index is -1.40. The van der Waals surface area contributed by atoms with Gasteiger partial charge >= 0.3 is 5.97 Å². The van der Waals surface area contributed by atoms with Crippen LogP contribution in [0.2, 0.25) is 0 Å². The molecule has 98 valence electrons. The Morgan fingerprint density at radius 2 is 1.95 bits per heavy atom. The maximum absolute atomic E-state index is 13.4. The number of aromatic carboxylic acids is 1. The van der Waals surface area contributed by atoms with Crippen LogP contribution in [0.1, 0.15) is 15.9 Å². The van der Waals surface area contributed by atoms with Gasteiger partial charge in [-0.25, -0.2) is 9.18 Å². The van der Waals surface area contributed by atoms with Crippen LogP contribution in [0.3, 0.4) is 0 Å². The quantitative estimate of drug-likeness (QED) is 0.889. The first-order valence-corrected chi connectivity index (χ1v) is 5.51. The van der Waals surface area contributed by atoms with E-state index in [0.717, 1.165) is 6.07 Å². The van der Waals surface area contributed by atoms with Gasteiger partial charge in [0.05, 0.1) is 6.61 Å². The minimum absolute atomic E-state index is 0.0809. The largest absolute Gasteiger partial charge is 0.477 e. The fraction of sp³-hybridized carbons (Fsp3) is 0.0714. The second-order valence-corrected chi connectivity index (χ2v) is 3.83. The molecule has 2 rings (SSSR count). The molecule has 2 aromatic rings. The summed E-state index contributed by atoms with van der Waals surface area (Å²) in [6, 6.07) is 10.3. The monoisotopic (exact) mass is 262 g/mol. The molecule has 0 saturated carbocycles. The molecule has 2 N–H and O–H groups in total. The number of carboxylic acid groups (broad SMARTS) is 1. The summed E-state index contributed by atoms with van der Waals surface area (Å²) in [5.41, 5.74) is 0.0997. The lowest BCUT2D eigenvalue weighted by atomic mass is 10.2. The molecule has 0 fully saturated rings. The highest BCUT2D eigenvalue weighted by atomic mass is 19.1.